The van der Waals surface area contributed by atoms with Crippen LogP contribution in [0.5, 0.6) is 5.75 Å². The van der Waals surface area contributed by atoms with Gasteiger partial charge in [-0.15, -0.1) is 0 Å². The largest absolute Gasteiger partial charge is 0.496 e. The molecular weight excluding hydrogens is 368 g/mol. The van der Waals surface area contributed by atoms with Crippen LogP contribution in [0.2, 0.25) is 0 Å². The number of likely N-dealkylation sites (tertiary alicyclic amines) is 1. The fraction of sp³-hybridized carbons (Fsp3) is 0.682. The van der Waals surface area contributed by atoms with E-state index in [-0.39, 0.29) is 18.4 Å². The molecule has 0 aromatic heterocycles. The summed E-state index contributed by atoms with van der Waals surface area (Å²) in [6.07, 6.45) is 6.15. The normalized spacial score (nSPS) is 29.8. The van der Waals surface area contributed by atoms with Gasteiger partial charge < -0.3 is 14.8 Å². The van der Waals surface area contributed by atoms with Crippen LogP contribution in [0.15, 0.2) is 24.3 Å². The number of ether oxygens (including phenoxy) is 2. The van der Waals surface area contributed by atoms with Crippen LogP contribution in [0.25, 0.3) is 0 Å². The fourth-order valence-corrected chi connectivity index (χ4v) is 4.86. The Morgan fingerprint density at radius 3 is 2.79 bits per heavy atom. The molecule has 3 saturated heterocycles. The van der Waals surface area contributed by atoms with Gasteiger partial charge in [-0.1, -0.05) is 31.0 Å². The summed E-state index contributed by atoms with van der Waals surface area (Å²) in [5.74, 6) is 1.08. The predicted molar refractivity (Wildman–Crippen MR) is 112 cm³/mol. The zero-order valence-corrected chi connectivity index (χ0v) is 17.4. The summed E-state index contributed by atoms with van der Waals surface area (Å²) in [6.45, 7) is 4.23. The van der Waals surface area contributed by atoms with Gasteiger partial charge in [0.15, 0.2) is 0 Å². The maximum absolute atomic E-state index is 12.6. The highest BCUT2D eigenvalue weighted by atomic mass is 16.5. The Labute approximate surface area is 173 Å². The minimum Gasteiger partial charge on any atom is -0.496 e. The van der Waals surface area contributed by atoms with E-state index in [1.807, 2.05) is 12.1 Å². The lowest BCUT2D eigenvalue weighted by atomic mass is 9.99. The van der Waals surface area contributed by atoms with Crippen LogP contribution in [0.3, 0.4) is 0 Å². The molecule has 0 bridgehead atoms. The van der Waals surface area contributed by atoms with Gasteiger partial charge in [0.25, 0.3) is 0 Å². The molecule has 4 rings (SSSR count). The quantitative estimate of drug-likeness (QED) is 0.779. The van der Waals surface area contributed by atoms with Crippen molar-refractivity contribution in [3.05, 3.63) is 29.8 Å². The lowest BCUT2D eigenvalue weighted by Crippen LogP contribution is -2.69. The molecule has 160 valence electrons. The van der Waals surface area contributed by atoms with Crippen LogP contribution < -0.4 is 15.4 Å². The molecule has 3 fully saturated rings. The third-order valence-electron chi connectivity index (χ3n) is 6.42. The van der Waals surface area contributed by atoms with Gasteiger partial charge in [-0.2, -0.15) is 0 Å². The Hall–Kier alpha value is -1.67. The van der Waals surface area contributed by atoms with Gasteiger partial charge in [0.05, 0.1) is 32.9 Å². The maximum atomic E-state index is 12.6. The number of amides is 1. The molecule has 1 amide bonds. The highest BCUT2D eigenvalue weighted by Crippen LogP contribution is 2.26. The number of nitrogens with one attached hydrogen (secondary N) is 2. The Balaban J connectivity index is 1.50. The van der Waals surface area contributed by atoms with Crippen molar-refractivity contribution in [3.63, 3.8) is 0 Å². The molecule has 3 aliphatic rings. The molecule has 2 N–H and O–H groups in total. The van der Waals surface area contributed by atoms with Gasteiger partial charge >= 0.3 is 0 Å². The lowest BCUT2D eigenvalue weighted by Gasteiger charge is -2.45. The summed E-state index contributed by atoms with van der Waals surface area (Å²) in [7, 11) is 1.74. The second kappa shape index (κ2) is 9.89. The molecule has 3 atom stereocenters. The van der Waals surface area contributed by atoms with Crippen molar-refractivity contribution in [1.29, 1.82) is 0 Å². The van der Waals surface area contributed by atoms with Gasteiger partial charge in [-0.05, 0) is 30.9 Å². The molecule has 1 aromatic carbocycles. The fourth-order valence-electron chi connectivity index (χ4n) is 4.86. The number of para-hydroxylation sites is 1. The minimum atomic E-state index is -0.123. The number of nitrogens with zero attached hydrogens (tertiary/aromatic N) is 2. The molecule has 1 aromatic rings. The van der Waals surface area contributed by atoms with Crippen molar-refractivity contribution in [2.75, 3.05) is 40.0 Å². The second-order valence-electron chi connectivity index (χ2n) is 8.26. The summed E-state index contributed by atoms with van der Waals surface area (Å²) < 4.78 is 11.1. The van der Waals surface area contributed by atoms with Crippen molar-refractivity contribution in [3.8, 4) is 5.75 Å². The van der Waals surface area contributed by atoms with E-state index in [0.29, 0.717) is 12.5 Å². The Morgan fingerprint density at radius 1 is 1.14 bits per heavy atom. The van der Waals surface area contributed by atoms with Gasteiger partial charge in [-0.25, -0.2) is 0 Å². The summed E-state index contributed by atoms with van der Waals surface area (Å²) in [4.78, 5) is 17.4. The maximum Gasteiger partial charge on any atom is 0.225 e. The van der Waals surface area contributed by atoms with E-state index in [4.69, 9.17) is 9.47 Å². The number of rotatable bonds is 5. The lowest BCUT2D eigenvalue weighted by molar-refractivity contribution is -0.131. The SMILES string of the molecule is COc1ccccc1C[C@H]1CCCCCN1C1NC(=O)CC(N2CCOCC2)N1. The van der Waals surface area contributed by atoms with Crippen LogP contribution in [0, 0.1) is 0 Å². The number of hydrogen-bond donors (Lipinski definition) is 2. The average molecular weight is 403 g/mol. The molecule has 0 saturated carbocycles. The summed E-state index contributed by atoms with van der Waals surface area (Å²) in [5, 5.41) is 6.94. The number of morpholine rings is 1. The van der Waals surface area contributed by atoms with E-state index >= 15 is 0 Å². The monoisotopic (exact) mass is 402 g/mol. The van der Waals surface area contributed by atoms with Crippen LogP contribution in [-0.4, -0.2) is 74.2 Å². The zero-order valence-electron chi connectivity index (χ0n) is 17.4. The van der Waals surface area contributed by atoms with Crippen molar-refractivity contribution in [2.45, 2.75) is 57.0 Å². The molecule has 3 aliphatic heterocycles. The highest BCUT2D eigenvalue weighted by molar-refractivity contribution is 5.77. The summed E-state index contributed by atoms with van der Waals surface area (Å²) in [5.41, 5.74) is 1.23. The van der Waals surface area contributed by atoms with E-state index < -0.39 is 0 Å². The van der Waals surface area contributed by atoms with E-state index in [2.05, 4.69) is 32.6 Å². The Bertz CT molecular complexity index is 680. The van der Waals surface area contributed by atoms with E-state index in [1.165, 1.54) is 24.8 Å². The molecule has 7 heteroatoms. The third kappa shape index (κ3) is 5.09. The summed E-state index contributed by atoms with van der Waals surface area (Å²) >= 11 is 0. The number of methoxy groups -OCH3 is 1. The van der Waals surface area contributed by atoms with Crippen LogP contribution in [-0.2, 0) is 16.0 Å². The van der Waals surface area contributed by atoms with Gasteiger partial charge in [0, 0.05) is 25.7 Å². The molecule has 0 aliphatic carbocycles. The molecule has 7 nitrogen and oxygen atoms in total. The second-order valence-corrected chi connectivity index (χ2v) is 8.26. The number of carbonyl (C=O) groups is 1. The van der Waals surface area contributed by atoms with Gasteiger partial charge in [0.2, 0.25) is 5.91 Å². The average Bonchev–Trinajstić information content (AvgIpc) is 3.00. The standard InChI is InChI=1S/C22H34N4O3/c1-28-19-9-5-4-7-17(19)15-18-8-3-2-6-10-26(18)22-23-20(16-21(27)24-22)25-11-13-29-14-12-25/h4-5,7,9,18,20,22-23H,2-3,6,8,10-16H2,1H3,(H,24,27)/t18-,20?,22?/m1/s1. The van der Waals surface area contributed by atoms with Crippen LogP contribution in [0.4, 0.5) is 0 Å². The Morgan fingerprint density at radius 2 is 1.97 bits per heavy atom. The zero-order chi connectivity index (χ0) is 20.1. The first-order valence-corrected chi connectivity index (χ1v) is 11.0. The van der Waals surface area contributed by atoms with Crippen molar-refractivity contribution < 1.29 is 14.3 Å². The van der Waals surface area contributed by atoms with E-state index in [9.17, 15) is 4.79 Å². The smallest absolute Gasteiger partial charge is 0.225 e. The van der Waals surface area contributed by atoms with Crippen LogP contribution >= 0.6 is 0 Å². The van der Waals surface area contributed by atoms with Crippen molar-refractivity contribution in [1.82, 2.24) is 20.4 Å². The molecule has 3 heterocycles. The predicted octanol–water partition coefficient (Wildman–Crippen LogP) is 1.53. The molecule has 2 unspecified atom stereocenters. The molecular formula is C22H34N4O3. The van der Waals surface area contributed by atoms with Crippen LogP contribution in [0.1, 0.15) is 37.7 Å². The first kappa shape index (κ1) is 20.6. The van der Waals surface area contributed by atoms with Crippen molar-refractivity contribution >= 4 is 5.91 Å². The molecule has 29 heavy (non-hydrogen) atoms. The van der Waals surface area contributed by atoms with E-state index in [0.717, 1.165) is 51.4 Å². The number of hydrogen-bond acceptors (Lipinski definition) is 6. The van der Waals surface area contributed by atoms with E-state index in [1.54, 1.807) is 7.11 Å². The highest BCUT2D eigenvalue weighted by Gasteiger charge is 2.36. The topological polar surface area (TPSA) is 66.1 Å². The number of benzene rings is 1. The summed E-state index contributed by atoms with van der Waals surface area (Å²) in [6, 6.07) is 8.66. The van der Waals surface area contributed by atoms with Gasteiger partial charge in [-0.3, -0.25) is 19.9 Å². The molecule has 0 radical (unpaired) electrons. The molecule has 0 spiro atoms. The first-order valence-electron chi connectivity index (χ1n) is 11.0. The Kier molecular flexibility index (Phi) is 7.02. The van der Waals surface area contributed by atoms with Gasteiger partial charge in [0.1, 0.15) is 12.0 Å². The van der Waals surface area contributed by atoms with Crippen molar-refractivity contribution in [2.24, 2.45) is 0 Å². The number of carbonyl (C=O) groups excluding carboxylic acids is 1. The third-order valence-corrected chi connectivity index (χ3v) is 6.42. The first-order chi connectivity index (χ1) is 14.2. The minimum absolute atomic E-state index is 0.0767.